The van der Waals surface area contributed by atoms with Crippen molar-refractivity contribution < 1.29 is 9.50 Å². The standard InChI is InChI=1S/C9H5BrFNO/c10-8-3-6(11)1-5-2-7(13)4-12-9(5)8/h1-4,13H. The zero-order valence-electron chi connectivity index (χ0n) is 6.46. The van der Waals surface area contributed by atoms with E-state index in [4.69, 9.17) is 5.11 Å². The molecule has 13 heavy (non-hydrogen) atoms. The topological polar surface area (TPSA) is 33.1 Å². The summed E-state index contributed by atoms with van der Waals surface area (Å²) in [6.07, 6.45) is 1.32. The van der Waals surface area contributed by atoms with Crippen LogP contribution in [0.5, 0.6) is 5.75 Å². The van der Waals surface area contributed by atoms with E-state index >= 15 is 0 Å². The average molecular weight is 242 g/mol. The molecule has 0 saturated heterocycles. The van der Waals surface area contributed by atoms with Gasteiger partial charge in [0, 0.05) is 9.86 Å². The smallest absolute Gasteiger partial charge is 0.134 e. The van der Waals surface area contributed by atoms with Gasteiger partial charge >= 0.3 is 0 Å². The number of rotatable bonds is 0. The molecule has 0 fully saturated rings. The predicted molar refractivity (Wildman–Crippen MR) is 51.1 cm³/mol. The highest BCUT2D eigenvalue weighted by molar-refractivity contribution is 9.10. The van der Waals surface area contributed by atoms with Gasteiger partial charge in [0.25, 0.3) is 0 Å². The Balaban J connectivity index is 2.86. The first-order chi connectivity index (χ1) is 6.16. The Kier molecular flexibility index (Phi) is 1.92. The lowest BCUT2D eigenvalue weighted by molar-refractivity contribution is 0.474. The molecule has 0 aliphatic heterocycles. The largest absolute Gasteiger partial charge is 0.506 e. The third kappa shape index (κ3) is 1.49. The first kappa shape index (κ1) is 8.44. The van der Waals surface area contributed by atoms with Gasteiger partial charge in [-0.2, -0.15) is 0 Å². The lowest BCUT2D eigenvalue weighted by Crippen LogP contribution is -1.82. The van der Waals surface area contributed by atoms with Crippen molar-refractivity contribution in [3.05, 3.63) is 34.7 Å². The first-order valence-corrected chi connectivity index (χ1v) is 4.40. The molecule has 66 valence electrons. The Morgan fingerprint density at radius 1 is 1.31 bits per heavy atom. The lowest BCUT2D eigenvalue weighted by Gasteiger charge is -2.00. The Morgan fingerprint density at radius 3 is 2.85 bits per heavy atom. The summed E-state index contributed by atoms with van der Waals surface area (Å²) in [6.45, 7) is 0. The number of hydrogen-bond acceptors (Lipinski definition) is 2. The fraction of sp³-hybridized carbons (Fsp3) is 0. The van der Waals surface area contributed by atoms with Crippen LogP contribution in [0.1, 0.15) is 0 Å². The molecule has 2 nitrogen and oxygen atoms in total. The number of pyridine rings is 1. The van der Waals surface area contributed by atoms with Crippen LogP contribution in [0.15, 0.2) is 28.9 Å². The molecule has 4 heteroatoms. The zero-order valence-corrected chi connectivity index (χ0v) is 8.05. The minimum atomic E-state index is -0.355. The van der Waals surface area contributed by atoms with Gasteiger partial charge in [0.05, 0.1) is 11.7 Å². The molecule has 0 aliphatic rings. The first-order valence-electron chi connectivity index (χ1n) is 3.60. The molecule has 0 amide bonds. The van der Waals surface area contributed by atoms with E-state index in [1.807, 2.05) is 0 Å². The highest BCUT2D eigenvalue weighted by atomic mass is 79.9. The molecule has 1 aromatic heterocycles. The third-order valence-corrected chi connectivity index (χ3v) is 2.29. The Labute approximate surface area is 82.2 Å². The van der Waals surface area contributed by atoms with Crippen molar-refractivity contribution >= 4 is 26.8 Å². The summed E-state index contributed by atoms with van der Waals surface area (Å²) in [6, 6.07) is 4.13. The summed E-state index contributed by atoms with van der Waals surface area (Å²) in [5, 5.41) is 9.69. The summed E-state index contributed by atoms with van der Waals surface area (Å²) in [5.41, 5.74) is 0.638. The van der Waals surface area contributed by atoms with E-state index < -0.39 is 0 Å². The van der Waals surface area contributed by atoms with Crippen molar-refractivity contribution in [3.63, 3.8) is 0 Å². The van der Waals surface area contributed by atoms with Crippen LogP contribution in [-0.2, 0) is 0 Å². The van der Waals surface area contributed by atoms with Gasteiger partial charge in [-0.15, -0.1) is 0 Å². The van der Waals surface area contributed by atoms with Crippen molar-refractivity contribution in [2.24, 2.45) is 0 Å². The number of fused-ring (bicyclic) bond motifs is 1. The van der Waals surface area contributed by atoms with Crippen LogP contribution in [0.3, 0.4) is 0 Å². The fourth-order valence-corrected chi connectivity index (χ4v) is 1.71. The van der Waals surface area contributed by atoms with E-state index in [9.17, 15) is 4.39 Å². The molecule has 0 radical (unpaired) electrons. The van der Waals surface area contributed by atoms with Crippen LogP contribution in [0.4, 0.5) is 4.39 Å². The van der Waals surface area contributed by atoms with Gasteiger partial charge < -0.3 is 5.11 Å². The van der Waals surface area contributed by atoms with Gasteiger partial charge in [0.2, 0.25) is 0 Å². The highest BCUT2D eigenvalue weighted by Crippen LogP contribution is 2.25. The number of aromatic hydroxyl groups is 1. The number of halogens is 2. The molecule has 2 rings (SSSR count). The quantitative estimate of drug-likeness (QED) is 0.770. The Morgan fingerprint density at radius 2 is 2.08 bits per heavy atom. The van der Waals surface area contributed by atoms with Crippen LogP contribution in [-0.4, -0.2) is 10.1 Å². The fourth-order valence-electron chi connectivity index (χ4n) is 1.16. The van der Waals surface area contributed by atoms with E-state index in [-0.39, 0.29) is 11.6 Å². The monoisotopic (exact) mass is 241 g/mol. The van der Waals surface area contributed by atoms with Crippen molar-refractivity contribution in [2.75, 3.05) is 0 Å². The number of nitrogens with zero attached hydrogens (tertiary/aromatic N) is 1. The summed E-state index contributed by atoms with van der Waals surface area (Å²) in [4.78, 5) is 3.96. The maximum atomic E-state index is 12.9. The summed E-state index contributed by atoms with van der Waals surface area (Å²) in [7, 11) is 0. The molecule has 1 aromatic carbocycles. The maximum absolute atomic E-state index is 12.9. The van der Waals surface area contributed by atoms with Crippen LogP contribution < -0.4 is 0 Å². The molecular formula is C9H5BrFNO. The molecule has 0 aliphatic carbocycles. The molecule has 1 heterocycles. The normalized spacial score (nSPS) is 10.6. The van der Waals surface area contributed by atoms with Crippen LogP contribution in [0.25, 0.3) is 10.9 Å². The summed E-state index contributed by atoms with van der Waals surface area (Å²) >= 11 is 3.19. The highest BCUT2D eigenvalue weighted by Gasteiger charge is 2.03. The lowest BCUT2D eigenvalue weighted by atomic mass is 10.2. The van der Waals surface area contributed by atoms with Crippen LogP contribution in [0.2, 0.25) is 0 Å². The van der Waals surface area contributed by atoms with Gasteiger partial charge in [-0.3, -0.25) is 4.98 Å². The number of aromatic nitrogens is 1. The van der Waals surface area contributed by atoms with E-state index in [1.165, 1.54) is 24.4 Å². The molecular weight excluding hydrogens is 237 g/mol. The van der Waals surface area contributed by atoms with E-state index in [0.717, 1.165) is 0 Å². The molecule has 0 bridgehead atoms. The minimum Gasteiger partial charge on any atom is -0.506 e. The number of hydrogen-bond donors (Lipinski definition) is 1. The predicted octanol–water partition coefficient (Wildman–Crippen LogP) is 2.84. The van der Waals surface area contributed by atoms with Crippen molar-refractivity contribution in [1.82, 2.24) is 4.98 Å². The Hall–Kier alpha value is -1.16. The molecule has 0 atom stereocenters. The average Bonchev–Trinajstić information content (AvgIpc) is 2.02. The number of benzene rings is 1. The zero-order chi connectivity index (χ0) is 9.42. The second-order valence-electron chi connectivity index (χ2n) is 2.65. The van der Waals surface area contributed by atoms with E-state index in [1.54, 1.807) is 0 Å². The van der Waals surface area contributed by atoms with Crippen molar-refractivity contribution in [2.45, 2.75) is 0 Å². The third-order valence-electron chi connectivity index (χ3n) is 1.69. The Bertz CT molecular complexity index is 467. The van der Waals surface area contributed by atoms with Gasteiger partial charge in [-0.25, -0.2) is 4.39 Å². The molecule has 0 saturated carbocycles. The van der Waals surface area contributed by atoms with Gasteiger partial charge in [-0.05, 0) is 34.1 Å². The van der Waals surface area contributed by atoms with Crippen LogP contribution in [0, 0.1) is 5.82 Å². The van der Waals surface area contributed by atoms with Crippen molar-refractivity contribution in [1.29, 1.82) is 0 Å². The van der Waals surface area contributed by atoms with Gasteiger partial charge in [-0.1, -0.05) is 0 Å². The maximum Gasteiger partial charge on any atom is 0.134 e. The molecule has 2 aromatic rings. The summed E-state index contributed by atoms with van der Waals surface area (Å²) in [5.74, 6) is -0.322. The van der Waals surface area contributed by atoms with Gasteiger partial charge in [0.15, 0.2) is 0 Å². The SMILES string of the molecule is Oc1cnc2c(Br)cc(F)cc2c1. The second kappa shape index (κ2) is 2.96. The second-order valence-corrected chi connectivity index (χ2v) is 3.51. The minimum absolute atomic E-state index is 0.0324. The molecule has 1 N–H and O–H groups in total. The van der Waals surface area contributed by atoms with Crippen LogP contribution >= 0.6 is 15.9 Å². The van der Waals surface area contributed by atoms with Crippen molar-refractivity contribution in [3.8, 4) is 5.75 Å². The molecule has 0 unspecified atom stereocenters. The summed E-state index contributed by atoms with van der Waals surface area (Å²) < 4.78 is 13.5. The van der Waals surface area contributed by atoms with E-state index in [0.29, 0.717) is 15.4 Å². The molecule has 0 spiro atoms. The van der Waals surface area contributed by atoms with Gasteiger partial charge in [0.1, 0.15) is 11.6 Å². The van der Waals surface area contributed by atoms with E-state index in [2.05, 4.69) is 20.9 Å².